The molecule has 0 radical (unpaired) electrons. The molecule has 19 heavy (non-hydrogen) atoms. The van der Waals surface area contributed by atoms with Crippen LogP contribution in [0.2, 0.25) is 5.02 Å². The number of hydrogen-bond donors (Lipinski definition) is 2. The molecule has 2 aromatic carbocycles. The van der Waals surface area contributed by atoms with Gasteiger partial charge in [0, 0.05) is 18.1 Å². The first-order chi connectivity index (χ1) is 9.15. The SMILES string of the molecule is OC(CNCc1ccc(Cl)cc1)c1cccc(F)c1. The molecule has 0 saturated carbocycles. The van der Waals surface area contributed by atoms with Crippen LogP contribution in [0.5, 0.6) is 0 Å². The van der Waals surface area contributed by atoms with Crippen LogP contribution >= 0.6 is 11.6 Å². The average Bonchev–Trinajstić information content (AvgIpc) is 2.41. The van der Waals surface area contributed by atoms with Gasteiger partial charge in [-0.1, -0.05) is 35.9 Å². The molecule has 1 unspecified atom stereocenters. The van der Waals surface area contributed by atoms with Crippen LogP contribution in [0.15, 0.2) is 48.5 Å². The van der Waals surface area contributed by atoms with Crippen LogP contribution in [0.1, 0.15) is 17.2 Å². The molecule has 2 aromatic rings. The predicted molar refractivity (Wildman–Crippen MR) is 74.5 cm³/mol. The van der Waals surface area contributed by atoms with Crippen LogP contribution in [0, 0.1) is 5.82 Å². The van der Waals surface area contributed by atoms with Crippen LogP contribution in [0.25, 0.3) is 0 Å². The summed E-state index contributed by atoms with van der Waals surface area (Å²) >= 11 is 5.80. The number of aliphatic hydroxyl groups is 1. The quantitative estimate of drug-likeness (QED) is 0.880. The Kier molecular flexibility index (Phi) is 4.91. The largest absolute Gasteiger partial charge is 0.387 e. The van der Waals surface area contributed by atoms with E-state index in [1.807, 2.05) is 24.3 Å². The van der Waals surface area contributed by atoms with Crippen molar-refractivity contribution in [2.75, 3.05) is 6.54 Å². The van der Waals surface area contributed by atoms with Crippen LogP contribution in [-0.4, -0.2) is 11.7 Å². The molecule has 4 heteroatoms. The highest BCUT2D eigenvalue weighted by molar-refractivity contribution is 6.30. The van der Waals surface area contributed by atoms with Crippen LogP contribution in [0.4, 0.5) is 4.39 Å². The number of halogens is 2. The van der Waals surface area contributed by atoms with Gasteiger partial charge in [0.1, 0.15) is 5.82 Å². The molecule has 0 spiro atoms. The lowest BCUT2D eigenvalue weighted by atomic mass is 10.1. The fraction of sp³-hybridized carbons (Fsp3) is 0.200. The van der Waals surface area contributed by atoms with E-state index in [1.165, 1.54) is 12.1 Å². The first-order valence-electron chi connectivity index (χ1n) is 6.04. The van der Waals surface area contributed by atoms with E-state index in [4.69, 9.17) is 11.6 Å². The highest BCUT2D eigenvalue weighted by Crippen LogP contribution is 2.13. The monoisotopic (exact) mass is 279 g/mol. The van der Waals surface area contributed by atoms with E-state index < -0.39 is 6.10 Å². The maximum atomic E-state index is 13.0. The second-order valence-corrected chi connectivity index (χ2v) is 4.76. The Morgan fingerprint density at radius 2 is 1.89 bits per heavy atom. The summed E-state index contributed by atoms with van der Waals surface area (Å²) in [7, 11) is 0. The minimum atomic E-state index is -0.719. The molecule has 0 aliphatic carbocycles. The van der Waals surface area contributed by atoms with Crippen molar-refractivity contribution in [1.82, 2.24) is 5.32 Å². The molecule has 2 N–H and O–H groups in total. The van der Waals surface area contributed by atoms with Crippen molar-refractivity contribution in [3.05, 3.63) is 70.5 Å². The summed E-state index contributed by atoms with van der Waals surface area (Å²) in [4.78, 5) is 0. The third-order valence-electron chi connectivity index (χ3n) is 2.81. The summed E-state index contributed by atoms with van der Waals surface area (Å²) in [6, 6.07) is 13.5. The molecular formula is C15H15ClFNO. The number of aliphatic hydroxyl groups excluding tert-OH is 1. The summed E-state index contributed by atoms with van der Waals surface area (Å²) in [5, 5.41) is 13.7. The van der Waals surface area contributed by atoms with Crippen molar-refractivity contribution < 1.29 is 9.50 Å². The summed E-state index contributed by atoms with van der Waals surface area (Å²) < 4.78 is 13.0. The van der Waals surface area contributed by atoms with Crippen LogP contribution in [-0.2, 0) is 6.54 Å². The van der Waals surface area contributed by atoms with E-state index in [0.29, 0.717) is 23.7 Å². The Bertz CT molecular complexity index is 530. The predicted octanol–water partition coefficient (Wildman–Crippen LogP) is 3.30. The van der Waals surface area contributed by atoms with E-state index in [0.717, 1.165) is 5.56 Å². The third-order valence-corrected chi connectivity index (χ3v) is 3.07. The summed E-state index contributed by atoms with van der Waals surface area (Å²) in [5.74, 6) is -0.339. The molecule has 0 heterocycles. The van der Waals surface area contributed by atoms with Crippen molar-refractivity contribution in [1.29, 1.82) is 0 Å². The fourth-order valence-corrected chi connectivity index (χ4v) is 1.91. The fourth-order valence-electron chi connectivity index (χ4n) is 1.79. The zero-order valence-electron chi connectivity index (χ0n) is 10.3. The molecule has 0 aliphatic heterocycles. The van der Waals surface area contributed by atoms with Gasteiger partial charge < -0.3 is 10.4 Å². The van der Waals surface area contributed by atoms with Crippen molar-refractivity contribution >= 4 is 11.6 Å². The molecule has 0 aliphatic rings. The lowest BCUT2D eigenvalue weighted by Gasteiger charge is -2.12. The molecule has 0 bridgehead atoms. The average molecular weight is 280 g/mol. The van der Waals surface area contributed by atoms with Crippen molar-refractivity contribution in [3.8, 4) is 0 Å². The number of rotatable bonds is 5. The van der Waals surface area contributed by atoms with E-state index in [-0.39, 0.29) is 5.82 Å². The topological polar surface area (TPSA) is 32.3 Å². The first kappa shape index (κ1) is 14.0. The normalized spacial score (nSPS) is 12.4. The summed E-state index contributed by atoms with van der Waals surface area (Å²) in [6.07, 6.45) is -0.719. The van der Waals surface area contributed by atoms with E-state index in [9.17, 15) is 9.50 Å². The van der Waals surface area contributed by atoms with Gasteiger partial charge in [0.25, 0.3) is 0 Å². The highest BCUT2D eigenvalue weighted by Gasteiger charge is 2.07. The van der Waals surface area contributed by atoms with Crippen LogP contribution < -0.4 is 5.32 Å². The third kappa shape index (κ3) is 4.31. The molecule has 0 aromatic heterocycles. The van der Waals surface area contributed by atoms with Gasteiger partial charge in [0.05, 0.1) is 6.10 Å². The minimum absolute atomic E-state index is 0.339. The van der Waals surface area contributed by atoms with Gasteiger partial charge in [-0.15, -0.1) is 0 Å². The molecule has 0 fully saturated rings. The molecule has 1 atom stereocenters. The summed E-state index contributed by atoms with van der Waals surface area (Å²) in [5.41, 5.74) is 1.65. The molecular weight excluding hydrogens is 265 g/mol. The Labute approximate surface area is 116 Å². The van der Waals surface area contributed by atoms with Gasteiger partial charge in [0.15, 0.2) is 0 Å². The Morgan fingerprint density at radius 3 is 2.58 bits per heavy atom. The highest BCUT2D eigenvalue weighted by atomic mass is 35.5. The molecule has 100 valence electrons. The Morgan fingerprint density at radius 1 is 1.16 bits per heavy atom. The molecule has 2 rings (SSSR count). The zero-order chi connectivity index (χ0) is 13.7. The van der Waals surface area contributed by atoms with Gasteiger partial charge in [-0.2, -0.15) is 0 Å². The van der Waals surface area contributed by atoms with Gasteiger partial charge in [-0.25, -0.2) is 4.39 Å². The van der Waals surface area contributed by atoms with E-state index in [2.05, 4.69) is 5.32 Å². The number of benzene rings is 2. The van der Waals surface area contributed by atoms with Gasteiger partial charge >= 0.3 is 0 Å². The number of hydrogen-bond acceptors (Lipinski definition) is 2. The van der Waals surface area contributed by atoms with Gasteiger partial charge in [0.2, 0.25) is 0 Å². The van der Waals surface area contributed by atoms with Crippen LogP contribution in [0.3, 0.4) is 0 Å². The maximum absolute atomic E-state index is 13.0. The minimum Gasteiger partial charge on any atom is -0.387 e. The Balaban J connectivity index is 1.84. The molecule has 0 amide bonds. The van der Waals surface area contributed by atoms with Crippen molar-refractivity contribution in [3.63, 3.8) is 0 Å². The van der Waals surface area contributed by atoms with E-state index >= 15 is 0 Å². The summed E-state index contributed by atoms with van der Waals surface area (Å²) in [6.45, 7) is 0.996. The smallest absolute Gasteiger partial charge is 0.123 e. The van der Waals surface area contributed by atoms with Gasteiger partial charge in [-0.05, 0) is 35.4 Å². The first-order valence-corrected chi connectivity index (χ1v) is 6.41. The number of nitrogens with one attached hydrogen (secondary N) is 1. The second-order valence-electron chi connectivity index (χ2n) is 4.33. The second kappa shape index (κ2) is 6.66. The Hall–Kier alpha value is -1.42. The van der Waals surface area contributed by atoms with E-state index in [1.54, 1.807) is 12.1 Å². The standard InChI is InChI=1S/C15H15ClFNO/c16-13-6-4-11(5-7-13)9-18-10-15(19)12-2-1-3-14(17)8-12/h1-8,15,18-19H,9-10H2. The van der Waals surface area contributed by atoms with Gasteiger partial charge in [-0.3, -0.25) is 0 Å². The molecule has 2 nitrogen and oxygen atoms in total. The maximum Gasteiger partial charge on any atom is 0.123 e. The lowest BCUT2D eigenvalue weighted by Crippen LogP contribution is -2.21. The molecule has 0 saturated heterocycles. The van der Waals surface area contributed by atoms with Crippen molar-refractivity contribution in [2.45, 2.75) is 12.6 Å². The van der Waals surface area contributed by atoms with Crippen molar-refractivity contribution in [2.24, 2.45) is 0 Å². The lowest BCUT2D eigenvalue weighted by molar-refractivity contribution is 0.174. The zero-order valence-corrected chi connectivity index (χ0v) is 11.1.